The van der Waals surface area contributed by atoms with Gasteiger partial charge in [-0.25, -0.2) is 0 Å². The van der Waals surface area contributed by atoms with E-state index in [-0.39, 0.29) is 0 Å². The Kier molecular flexibility index (Phi) is 3.33. The molecule has 1 aromatic rings. The highest BCUT2D eigenvalue weighted by Crippen LogP contribution is 2.27. The van der Waals surface area contributed by atoms with Crippen molar-refractivity contribution in [3.05, 3.63) is 5.51 Å². The predicted octanol–water partition coefficient (Wildman–Crippen LogP) is 2.67. The minimum absolute atomic E-state index is 0.628. The zero-order valence-electron chi connectivity index (χ0n) is 6.94. The van der Waals surface area contributed by atoms with Gasteiger partial charge in [0.05, 0.1) is 0 Å². The molecule has 0 fully saturated rings. The van der Waals surface area contributed by atoms with Crippen molar-refractivity contribution in [3.63, 3.8) is 0 Å². The highest BCUT2D eigenvalue weighted by Gasteiger charge is 2.10. The fourth-order valence-electron chi connectivity index (χ4n) is 0.509. The van der Waals surface area contributed by atoms with E-state index in [0.29, 0.717) is 11.2 Å². The van der Waals surface area contributed by atoms with Crippen LogP contribution in [-0.4, -0.2) is 15.4 Å². The quantitative estimate of drug-likeness (QED) is 0.682. The highest BCUT2D eigenvalue weighted by molar-refractivity contribution is 8.01. The summed E-state index contributed by atoms with van der Waals surface area (Å²) in [5.74, 6) is 0.698. The van der Waals surface area contributed by atoms with Crippen LogP contribution in [0.25, 0.3) is 0 Å². The monoisotopic (exact) mass is 188 g/mol. The largest absolute Gasteiger partial charge is 0.174 e. The molecule has 1 unspecified atom stereocenters. The van der Waals surface area contributed by atoms with Crippen LogP contribution in [0.2, 0.25) is 0 Å². The van der Waals surface area contributed by atoms with Crippen LogP contribution in [0.4, 0.5) is 0 Å². The van der Waals surface area contributed by atoms with Crippen molar-refractivity contribution < 1.29 is 0 Å². The summed E-state index contributed by atoms with van der Waals surface area (Å²) in [5.41, 5.74) is 1.77. The third-order valence-corrected chi connectivity index (χ3v) is 3.83. The summed E-state index contributed by atoms with van der Waals surface area (Å²) in [5, 5.41) is 8.38. The maximum absolute atomic E-state index is 3.97. The normalized spacial score (nSPS) is 13.8. The van der Waals surface area contributed by atoms with Crippen molar-refractivity contribution in [3.8, 4) is 0 Å². The van der Waals surface area contributed by atoms with Crippen molar-refractivity contribution in [1.29, 1.82) is 0 Å². The van der Waals surface area contributed by atoms with Gasteiger partial charge < -0.3 is 0 Å². The average Bonchev–Trinajstić information content (AvgIpc) is 2.39. The van der Waals surface area contributed by atoms with Crippen molar-refractivity contribution in [2.24, 2.45) is 5.92 Å². The summed E-state index contributed by atoms with van der Waals surface area (Å²) in [4.78, 5) is 0. The van der Waals surface area contributed by atoms with Gasteiger partial charge in [0.15, 0.2) is 4.34 Å². The molecule has 62 valence electrons. The summed E-state index contributed by atoms with van der Waals surface area (Å²) in [6.07, 6.45) is 0. The van der Waals surface area contributed by atoms with Gasteiger partial charge in [0.1, 0.15) is 5.51 Å². The van der Waals surface area contributed by atoms with Crippen LogP contribution >= 0.6 is 23.1 Å². The van der Waals surface area contributed by atoms with Crippen molar-refractivity contribution in [1.82, 2.24) is 10.2 Å². The van der Waals surface area contributed by atoms with Gasteiger partial charge in [-0.3, -0.25) is 0 Å². The van der Waals surface area contributed by atoms with Gasteiger partial charge in [0.25, 0.3) is 0 Å². The second-order valence-corrected chi connectivity index (χ2v) is 5.23. The van der Waals surface area contributed by atoms with E-state index < -0.39 is 0 Å². The Labute approximate surface area is 75.4 Å². The zero-order valence-corrected chi connectivity index (χ0v) is 8.58. The lowest BCUT2D eigenvalue weighted by Gasteiger charge is -2.11. The molecule has 0 saturated heterocycles. The van der Waals surface area contributed by atoms with E-state index in [1.165, 1.54) is 0 Å². The van der Waals surface area contributed by atoms with Gasteiger partial charge in [0.2, 0.25) is 0 Å². The van der Waals surface area contributed by atoms with E-state index in [9.17, 15) is 0 Å². The first kappa shape index (κ1) is 9.00. The number of rotatable bonds is 3. The summed E-state index contributed by atoms with van der Waals surface area (Å²) in [7, 11) is 0. The number of nitrogens with zero attached hydrogens (tertiary/aromatic N) is 2. The van der Waals surface area contributed by atoms with Crippen LogP contribution in [0.1, 0.15) is 20.8 Å². The molecule has 0 amide bonds. The Morgan fingerprint density at radius 1 is 1.45 bits per heavy atom. The van der Waals surface area contributed by atoms with E-state index >= 15 is 0 Å². The molecule has 1 atom stereocenters. The predicted molar refractivity (Wildman–Crippen MR) is 50.1 cm³/mol. The Bertz CT molecular complexity index is 196. The molecule has 0 radical (unpaired) electrons. The number of thioether (sulfide) groups is 1. The second kappa shape index (κ2) is 4.07. The number of hydrogen-bond donors (Lipinski definition) is 0. The summed E-state index contributed by atoms with van der Waals surface area (Å²) >= 11 is 3.41. The molecule has 0 bridgehead atoms. The molecule has 4 heteroatoms. The number of aromatic nitrogens is 2. The molecule has 1 aromatic heterocycles. The summed E-state index contributed by atoms with van der Waals surface area (Å²) < 4.78 is 1.08. The van der Waals surface area contributed by atoms with Gasteiger partial charge in [0, 0.05) is 5.25 Å². The molecule has 0 spiro atoms. The van der Waals surface area contributed by atoms with E-state index in [1.54, 1.807) is 28.6 Å². The molecule has 0 aliphatic carbocycles. The first-order valence-electron chi connectivity index (χ1n) is 3.63. The highest BCUT2D eigenvalue weighted by atomic mass is 32.2. The van der Waals surface area contributed by atoms with Crippen molar-refractivity contribution in [2.45, 2.75) is 30.4 Å². The lowest BCUT2D eigenvalue weighted by molar-refractivity contribution is 0.642. The third-order valence-electron chi connectivity index (χ3n) is 1.57. The summed E-state index contributed by atoms with van der Waals surface area (Å²) in [6.45, 7) is 6.66. The molecule has 0 aromatic carbocycles. The van der Waals surface area contributed by atoms with Crippen LogP contribution in [-0.2, 0) is 0 Å². The van der Waals surface area contributed by atoms with E-state index in [0.717, 1.165) is 4.34 Å². The standard InChI is InChI=1S/C7H12N2S2/c1-5(2)6(3)11-7-9-8-4-10-7/h4-6H,1-3H3. The molecule has 0 N–H and O–H groups in total. The van der Waals surface area contributed by atoms with Crippen molar-refractivity contribution >= 4 is 23.1 Å². The maximum atomic E-state index is 3.97. The minimum Gasteiger partial charge on any atom is -0.146 e. The average molecular weight is 188 g/mol. The lowest BCUT2D eigenvalue weighted by atomic mass is 10.2. The third kappa shape index (κ3) is 2.79. The van der Waals surface area contributed by atoms with Crippen LogP contribution < -0.4 is 0 Å². The molecule has 11 heavy (non-hydrogen) atoms. The molecule has 1 rings (SSSR count). The van der Waals surface area contributed by atoms with Crippen molar-refractivity contribution in [2.75, 3.05) is 0 Å². The topological polar surface area (TPSA) is 25.8 Å². The second-order valence-electron chi connectivity index (χ2n) is 2.77. The zero-order chi connectivity index (χ0) is 8.27. The van der Waals surface area contributed by atoms with Crippen LogP contribution in [0.3, 0.4) is 0 Å². The molecule has 0 aliphatic heterocycles. The van der Waals surface area contributed by atoms with Crippen LogP contribution in [0.5, 0.6) is 0 Å². The Morgan fingerprint density at radius 2 is 2.18 bits per heavy atom. The lowest BCUT2D eigenvalue weighted by Crippen LogP contribution is -2.04. The van der Waals surface area contributed by atoms with Crippen LogP contribution in [0.15, 0.2) is 9.85 Å². The fourth-order valence-corrected chi connectivity index (χ4v) is 2.28. The molecule has 1 heterocycles. The number of hydrogen-bond acceptors (Lipinski definition) is 4. The summed E-state index contributed by atoms with van der Waals surface area (Å²) in [6, 6.07) is 0. The molecule has 0 aliphatic rings. The molecular weight excluding hydrogens is 176 g/mol. The van der Waals surface area contributed by atoms with Gasteiger partial charge in [-0.05, 0) is 5.92 Å². The van der Waals surface area contributed by atoms with E-state index in [2.05, 4.69) is 31.0 Å². The maximum Gasteiger partial charge on any atom is 0.174 e. The van der Waals surface area contributed by atoms with Gasteiger partial charge in [-0.1, -0.05) is 43.9 Å². The Hall–Kier alpha value is -0.0900. The minimum atomic E-state index is 0.628. The van der Waals surface area contributed by atoms with E-state index in [4.69, 9.17) is 0 Å². The van der Waals surface area contributed by atoms with Gasteiger partial charge >= 0.3 is 0 Å². The van der Waals surface area contributed by atoms with Gasteiger partial charge in [-0.15, -0.1) is 10.2 Å². The molecular formula is C7H12N2S2. The Balaban J connectivity index is 2.43. The van der Waals surface area contributed by atoms with Gasteiger partial charge in [-0.2, -0.15) is 0 Å². The van der Waals surface area contributed by atoms with Crippen LogP contribution in [0, 0.1) is 5.92 Å². The molecule has 0 saturated carbocycles. The SMILES string of the molecule is CC(C)C(C)Sc1nncs1. The first-order chi connectivity index (χ1) is 5.20. The smallest absolute Gasteiger partial charge is 0.146 e. The van der Waals surface area contributed by atoms with E-state index in [1.807, 2.05) is 0 Å². The fraction of sp³-hybridized carbons (Fsp3) is 0.714. The Morgan fingerprint density at radius 3 is 2.64 bits per heavy atom. The molecule has 2 nitrogen and oxygen atoms in total. The first-order valence-corrected chi connectivity index (χ1v) is 5.39.